The maximum atomic E-state index is 5.50. The SMILES string of the molecule is C#Cc1ccc(C#Cc2c3ccc(C(C)(C)C)cc3cc3ccc(C(C)(C)C)cc23)cc1. The molecule has 0 saturated heterocycles. The first kappa shape index (κ1) is 21.7. The van der Waals surface area contributed by atoms with E-state index in [4.69, 9.17) is 6.42 Å². The summed E-state index contributed by atoms with van der Waals surface area (Å²) >= 11 is 0. The van der Waals surface area contributed by atoms with E-state index in [2.05, 4.69) is 102 Å². The van der Waals surface area contributed by atoms with Crippen LogP contribution in [-0.2, 0) is 10.8 Å². The van der Waals surface area contributed by atoms with E-state index in [9.17, 15) is 0 Å². The van der Waals surface area contributed by atoms with Gasteiger partial charge in [0, 0.05) is 16.7 Å². The van der Waals surface area contributed by atoms with E-state index in [1.165, 1.54) is 32.7 Å². The summed E-state index contributed by atoms with van der Waals surface area (Å²) in [5, 5.41) is 4.87. The molecule has 0 aliphatic rings. The van der Waals surface area contributed by atoms with Crippen LogP contribution in [0.1, 0.15) is 69.4 Å². The van der Waals surface area contributed by atoms with E-state index < -0.39 is 0 Å². The standard InChI is InChI=1S/C32H30/c1-8-22-9-11-23(12-10-22)13-17-29-28-18-16-26(31(2,3)4)20-25(28)19-24-14-15-27(21-30(24)29)32(5,6)7/h1,9-12,14-16,18-21H,2-7H3. The van der Waals surface area contributed by atoms with Gasteiger partial charge in [0.25, 0.3) is 0 Å². The zero-order valence-electron chi connectivity index (χ0n) is 19.9. The summed E-state index contributed by atoms with van der Waals surface area (Å²) in [7, 11) is 0. The third-order valence-corrected chi connectivity index (χ3v) is 6.07. The Labute approximate surface area is 192 Å². The maximum absolute atomic E-state index is 5.50. The lowest BCUT2D eigenvalue weighted by Gasteiger charge is -2.21. The molecule has 0 fully saturated rings. The average molecular weight is 415 g/mol. The van der Waals surface area contributed by atoms with Crippen LogP contribution in [0.25, 0.3) is 21.5 Å². The van der Waals surface area contributed by atoms with Crippen LogP contribution in [0.5, 0.6) is 0 Å². The van der Waals surface area contributed by atoms with Crippen LogP contribution >= 0.6 is 0 Å². The van der Waals surface area contributed by atoms with E-state index in [1.807, 2.05) is 24.3 Å². The summed E-state index contributed by atoms with van der Waals surface area (Å²) in [5.41, 5.74) is 5.75. The molecular weight excluding hydrogens is 384 g/mol. The smallest absolute Gasteiger partial charge is 0.0406 e. The molecule has 0 unspecified atom stereocenters. The summed E-state index contributed by atoms with van der Waals surface area (Å²) < 4.78 is 0. The number of fused-ring (bicyclic) bond motifs is 2. The van der Waals surface area contributed by atoms with Crippen molar-refractivity contribution in [3.8, 4) is 24.2 Å². The van der Waals surface area contributed by atoms with Gasteiger partial charge >= 0.3 is 0 Å². The third-order valence-electron chi connectivity index (χ3n) is 6.07. The minimum absolute atomic E-state index is 0.0784. The first-order valence-corrected chi connectivity index (χ1v) is 11.2. The van der Waals surface area contributed by atoms with Crippen molar-refractivity contribution >= 4 is 21.5 Å². The molecule has 0 heterocycles. The number of hydrogen-bond acceptors (Lipinski definition) is 0. The number of benzene rings is 4. The van der Waals surface area contributed by atoms with Gasteiger partial charge in [0.1, 0.15) is 0 Å². The minimum atomic E-state index is 0.0784. The molecule has 0 atom stereocenters. The number of terminal acetylenes is 1. The summed E-state index contributed by atoms with van der Waals surface area (Å²) in [6.45, 7) is 13.5. The lowest BCUT2D eigenvalue weighted by molar-refractivity contribution is 0.590. The highest BCUT2D eigenvalue weighted by atomic mass is 14.2. The summed E-state index contributed by atoms with van der Waals surface area (Å²) in [6.07, 6.45) is 5.50. The van der Waals surface area contributed by atoms with Crippen LogP contribution in [-0.4, -0.2) is 0 Å². The normalized spacial score (nSPS) is 11.8. The van der Waals surface area contributed by atoms with Crippen molar-refractivity contribution in [2.45, 2.75) is 52.4 Å². The molecule has 0 bridgehead atoms. The second-order valence-electron chi connectivity index (χ2n) is 10.6. The van der Waals surface area contributed by atoms with Crippen LogP contribution in [0, 0.1) is 24.2 Å². The van der Waals surface area contributed by atoms with Gasteiger partial charge in [-0.1, -0.05) is 89.6 Å². The fourth-order valence-corrected chi connectivity index (χ4v) is 3.97. The molecule has 0 spiro atoms. The molecule has 0 amide bonds. The highest BCUT2D eigenvalue weighted by Gasteiger charge is 2.17. The lowest BCUT2D eigenvalue weighted by Crippen LogP contribution is -2.11. The maximum Gasteiger partial charge on any atom is 0.0406 e. The van der Waals surface area contributed by atoms with Gasteiger partial charge < -0.3 is 0 Å². The predicted molar refractivity (Wildman–Crippen MR) is 139 cm³/mol. The van der Waals surface area contributed by atoms with Crippen molar-refractivity contribution < 1.29 is 0 Å². The molecular formula is C32H30. The van der Waals surface area contributed by atoms with Gasteiger partial charge in [0.15, 0.2) is 0 Å². The topological polar surface area (TPSA) is 0 Å². The Morgan fingerprint density at radius 1 is 0.562 bits per heavy atom. The van der Waals surface area contributed by atoms with Crippen molar-refractivity contribution in [1.82, 2.24) is 0 Å². The summed E-state index contributed by atoms with van der Waals surface area (Å²) in [4.78, 5) is 0. The van der Waals surface area contributed by atoms with Gasteiger partial charge in [0.05, 0.1) is 0 Å². The molecule has 0 aliphatic carbocycles. The van der Waals surface area contributed by atoms with Crippen LogP contribution < -0.4 is 0 Å². The summed E-state index contributed by atoms with van der Waals surface area (Å²) in [5.74, 6) is 9.57. The van der Waals surface area contributed by atoms with E-state index in [1.54, 1.807) is 0 Å². The quantitative estimate of drug-likeness (QED) is 0.202. The highest BCUT2D eigenvalue weighted by molar-refractivity contribution is 6.05. The van der Waals surface area contributed by atoms with Gasteiger partial charge in [-0.25, -0.2) is 0 Å². The van der Waals surface area contributed by atoms with Crippen LogP contribution in [0.2, 0.25) is 0 Å². The molecule has 4 aromatic rings. The Hall–Kier alpha value is -3.48. The van der Waals surface area contributed by atoms with Crippen LogP contribution in [0.15, 0.2) is 66.7 Å². The van der Waals surface area contributed by atoms with Gasteiger partial charge in [-0.05, 0) is 79.9 Å². The van der Waals surface area contributed by atoms with Crippen molar-refractivity contribution in [3.05, 3.63) is 94.5 Å². The predicted octanol–water partition coefficient (Wildman–Crippen LogP) is 7.97. The first-order chi connectivity index (χ1) is 15.1. The van der Waals surface area contributed by atoms with E-state index in [0.29, 0.717) is 0 Å². The van der Waals surface area contributed by atoms with Gasteiger partial charge in [0.2, 0.25) is 0 Å². The Morgan fingerprint density at radius 3 is 1.78 bits per heavy atom. The van der Waals surface area contributed by atoms with Gasteiger partial charge in [-0.3, -0.25) is 0 Å². The highest BCUT2D eigenvalue weighted by Crippen LogP contribution is 2.34. The average Bonchev–Trinajstić information content (AvgIpc) is 2.75. The molecule has 32 heavy (non-hydrogen) atoms. The van der Waals surface area contributed by atoms with Crippen LogP contribution in [0.3, 0.4) is 0 Å². The molecule has 0 radical (unpaired) electrons. The fraction of sp³-hybridized carbons (Fsp3) is 0.250. The molecule has 0 heteroatoms. The second kappa shape index (κ2) is 7.89. The molecule has 0 saturated carbocycles. The van der Waals surface area contributed by atoms with Crippen molar-refractivity contribution in [2.75, 3.05) is 0 Å². The van der Waals surface area contributed by atoms with E-state index in [0.717, 1.165) is 16.7 Å². The van der Waals surface area contributed by atoms with Gasteiger partial charge in [-0.15, -0.1) is 6.42 Å². The Balaban J connectivity index is 2.00. The zero-order valence-corrected chi connectivity index (χ0v) is 19.9. The molecule has 4 rings (SSSR count). The lowest BCUT2D eigenvalue weighted by atomic mass is 9.83. The zero-order chi connectivity index (χ0) is 23.1. The first-order valence-electron chi connectivity index (χ1n) is 11.2. The Morgan fingerprint density at radius 2 is 1.16 bits per heavy atom. The Kier molecular flexibility index (Phi) is 5.36. The van der Waals surface area contributed by atoms with Crippen molar-refractivity contribution in [3.63, 3.8) is 0 Å². The molecule has 0 nitrogen and oxygen atoms in total. The van der Waals surface area contributed by atoms with Gasteiger partial charge in [-0.2, -0.15) is 0 Å². The molecule has 0 N–H and O–H groups in total. The molecule has 158 valence electrons. The summed E-state index contributed by atoms with van der Waals surface area (Å²) in [6, 6.07) is 23.8. The largest absolute Gasteiger partial charge is 0.115 e. The van der Waals surface area contributed by atoms with Crippen molar-refractivity contribution in [1.29, 1.82) is 0 Å². The fourth-order valence-electron chi connectivity index (χ4n) is 3.97. The number of hydrogen-bond donors (Lipinski definition) is 0. The molecule has 4 aromatic carbocycles. The molecule has 0 aliphatic heterocycles. The third kappa shape index (κ3) is 4.28. The second-order valence-corrected chi connectivity index (χ2v) is 10.6. The molecule has 0 aromatic heterocycles. The van der Waals surface area contributed by atoms with E-state index >= 15 is 0 Å². The minimum Gasteiger partial charge on any atom is -0.115 e. The van der Waals surface area contributed by atoms with Crippen molar-refractivity contribution in [2.24, 2.45) is 0 Å². The monoisotopic (exact) mass is 414 g/mol. The van der Waals surface area contributed by atoms with E-state index in [-0.39, 0.29) is 10.8 Å². The number of rotatable bonds is 0. The van der Waals surface area contributed by atoms with Crippen LogP contribution in [0.4, 0.5) is 0 Å². The Bertz CT molecular complexity index is 1410.